The number of carbonyl (C=O) groups excluding carboxylic acids is 1. The predicted molar refractivity (Wildman–Crippen MR) is 89.9 cm³/mol. The standard InChI is InChI=1S/C18H18ClNO3/c1-3-23-16(22)10-14-9-12-5-4-11-8-13(19)6-7-15(21)17(11)18(12)20(14)2/h6-9H,3-5,10H2,1-2H3. The van der Waals surface area contributed by atoms with Gasteiger partial charge in [-0.15, -0.1) is 0 Å². The minimum atomic E-state index is -0.255. The Morgan fingerprint density at radius 2 is 2.00 bits per heavy atom. The normalized spacial score (nSPS) is 12.5. The Bertz CT molecular complexity index is 839. The average Bonchev–Trinajstić information content (AvgIpc) is 2.73. The third-order valence-corrected chi connectivity index (χ3v) is 4.45. The summed E-state index contributed by atoms with van der Waals surface area (Å²) in [6.07, 6.45) is 1.81. The summed E-state index contributed by atoms with van der Waals surface area (Å²) in [5.74, 6) is -0.255. The molecule has 4 nitrogen and oxygen atoms in total. The van der Waals surface area contributed by atoms with E-state index < -0.39 is 0 Å². The SMILES string of the molecule is CCOC(=O)Cc1cc2c(n1C)-c1c(cc(Cl)ccc1=O)CC2. The highest BCUT2D eigenvalue weighted by Gasteiger charge is 2.24. The second-order valence-electron chi connectivity index (χ2n) is 5.68. The molecule has 1 aromatic carbocycles. The molecule has 5 heteroatoms. The summed E-state index contributed by atoms with van der Waals surface area (Å²) < 4.78 is 6.96. The second-order valence-corrected chi connectivity index (χ2v) is 6.11. The fourth-order valence-electron chi connectivity index (χ4n) is 3.19. The monoisotopic (exact) mass is 331 g/mol. The first-order valence-corrected chi connectivity index (χ1v) is 8.05. The Labute approximate surface area is 139 Å². The van der Waals surface area contributed by atoms with Crippen LogP contribution in [-0.2, 0) is 35.8 Å². The zero-order valence-electron chi connectivity index (χ0n) is 13.2. The van der Waals surface area contributed by atoms with Gasteiger partial charge < -0.3 is 9.30 Å². The summed E-state index contributed by atoms with van der Waals surface area (Å²) in [6.45, 7) is 2.16. The molecule has 0 unspecified atom stereocenters. The molecule has 0 saturated heterocycles. The van der Waals surface area contributed by atoms with Gasteiger partial charge in [0.1, 0.15) is 0 Å². The van der Waals surface area contributed by atoms with Crippen LogP contribution in [0.1, 0.15) is 23.7 Å². The maximum absolute atomic E-state index is 12.5. The van der Waals surface area contributed by atoms with E-state index in [9.17, 15) is 9.59 Å². The van der Waals surface area contributed by atoms with Crippen LogP contribution >= 0.6 is 11.6 Å². The Hall–Kier alpha value is -2.07. The number of fused-ring (bicyclic) bond motifs is 3. The number of aryl methyl sites for hydroxylation is 2. The zero-order valence-corrected chi connectivity index (χ0v) is 13.9. The Balaban J connectivity index is 2.13. The molecule has 1 aromatic heterocycles. The van der Waals surface area contributed by atoms with Crippen LogP contribution in [-0.4, -0.2) is 17.1 Å². The smallest absolute Gasteiger partial charge is 0.311 e. The van der Waals surface area contributed by atoms with Gasteiger partial charge in [0.05, 0.1) is 18.7 Å². The summed E-state index contributed by atoms with van der Waals surface area (Å²) in [5.41, 5.74) is 4.45. The van der Waals surface area contributed by atoms with E-state index in [1.807, 2.05) is 23.7 Å². The number of aromatic nitrogens is 1. The average molecular weight is 332 g/mol. The molecule has 1 aliphatic rings. The van der Waals surface area contributed by atoms with Crippen molar-refractivity contribution in [3.05, 3.63) is 56.3 Å². The van der Waals surface area contributed by atoms with Crippen LogP contribution < -0.4 is 5.43 Å². The number of nitrogens with zero attached hydrogens (tertiary/aromatic N) is 1. The van der Waals surface area contributed by atoms with Gasteiger partial charge in [0, 0.05) is 23.3 Å². The Morgan fingerprint density at radius 1 is 1.26 bits per heavy atom. The van der Waals surface area contributed by atoms with E-state index in [0.29, 0.717) is 17.2 Å². The summed E-state index contributed by atoms with van der Waals surface area (Å²) in [4.78, 5) is 24.3. The third-order valence-electron chi connectivity index (χ3n) is 4.22. The topological polar surface area (TPSA) is 48.3 Å². The molecule has 0 spiro atoms. The minimum Gasteiger partial charge on any atom is -0.466 e. The van der Waals surface area contributed by atoms with Crippen molar-refractivity contribution < 1.29 is 9.53 Å². The number of esters is 1. The van der Waals surface area contributed by atoms with Gasteiger partial charge in [-0.25, -0.2) is 0 Å². The van der Waals surface area contributed by atoms with Crippen LogP contribution in [0.2, 0.25) is 5.02 Å². The summed E-state index contributed by atoms with van der Waals surface area (Å²) in [5, 5.41) is 0.563. The molecule has 1 heterocycles. The van der Waals surface area contributed by atoms with Crippen LogP contribution in [0.5, 0.6) is 0 Å². The molecule has 0 atom stereocenters. The van der Waals surface area contributed by atoms with Gasteiger partial charge in [0.15, 0.2) is 5.43 Å². The van der Waals surface area contributed by atoms with Gasteiger partial charge in [0.2, 0.25) is 0 Å². The van der Waals surface area contributed by atoms with Crippen molar-refractivity contribution in [2.75, 3.05) is 6.61 Å². The van der Waals surface area contributed by atoms with Crippen molar-refractivity contribution in [3.63, 3.8) is 0 Å². The maximum Gasteiger partial charge on any atom is 0.311 e. The second kappa shape index (κ2) is 6.20. The van der Waals surface area contributed by atoms with Crippen LogP contribution in [0, 0.1) is 0 Å². The molecule has 120 valence electrons. The van der Waals surface area contributed by atoms with E-state index in [1.165, 1.54) is 6.07 Å². The number of rotatable bonds is 3. The lowest BCUT2D eigenvalue weighted by Gasteiger charge is -2.16. The molecule has 1 aliphatic carbocycles. The molecule has 0 bridgehead atoms. The van der Waals surface area contributed by atoms with E-state index >= 15 is 0 Å². The lowest BCUT2D eigenvalue weighted by molar-refractivity contribution is -0.142. The van der Waals surface area contributed by atoms with Crippen molar-refractivity contribution in [1.29, 1.82) is 0 Å². The molecule has 3 rings (SSSR count). The van der Waals surface area contributed by atoms with Crippen LogP contribution in [0.3, 0.4) is 0 Å². The first kappa shape index (κ1) is 15.8. The highest BCUT2D eigenvalue weighted by molar-refractivity contribution is 6.30. The number of ether oxygens (including phenoxy) is 1. The molecule has 0 N–H and O–H groups in total. The Kier molecular flexibility index (Phi) is 4.26. The quantitative estimate of drug-likeness (QED) is 0.812. The fraction of sp³-hybridized carbons (Fsp3) is 0.333. The largest absolute Gasteiger partial charge is 0.466 e. The van der Waals surface area contributed by atoms with E-state index in [1.54, 1.807) is 13.0 Å². The lowest BCUT2D eigenvalue weighted by Crippen LogP contribution is -2.14. The Morgan fingerprint density at radius 3 is 2.74 bits per heavy atom. The fourth-order valence-corrected chi connectivity index (χ4v) is 3.39. The van der Waals surface area contributed by atoms with Gasteiger partial charge in [-0.3, -0.25) is 9.59 Å². The third kappa shape index (κ3) is 2.91. The van der Waals surface area contributed by atoms with Crippen molar-refractivity contribution in [1.82, 2.24) is 4.57 Å². The van der Waals surface area contributed by atoms with Crippen molar-refractivity contribution >= 4 is 17.6 Å². The number of carbonyl (C=O) groups is 1. The van der Waals surface area contributed by atoms with E-state index in [2.05, 4.69) is 0 Å². The summed E-state index contributed by atoms with van der Waals surface area (Å²) in [6, 6.07) is 7.00. The van der Waals surface area contributed by atoms with Gasteiger partial charge in [0.25, 0.3) is 0 Å². The maximum atomic E-state index is 12.5. The van der Waals surface area contributed by atoms with Gasteiger partial charge in [-0.2, -0.15) is 0 Å². The molecular weight excluding hydrogens is 314 g/mol. The minimum absolute atomic E-state index is 0.0447. The van der Waals surface area contributed by atoms with Crippen molar-refractivity contribution in [3.8, 4) is 11.3 Å². The zero-order chi connectivity index (χ0) is 16.6. The van der Waals surface area contributed by atoms with E-state index in [4.69, 9.17) is 16.3 Å². The van der Waals surface area contributed by atoms with Gasteiger partial charge in [-0.1, -0.05) is 11.6 Å². The molecular formula is C18H18ClNO3. The molecule has 0 radical (unpaired) electrons. The van der Waals surface area contributed by atoms with Crippen LogP contribution in [0.4, 0.5) is 0 Å². The van der Waals surface area contributed by atoms with Gasteiger partial charge in [-0.05, 0) is 55.2 Å². The van der Waals surface area contributed by atoms with Crippen LogP contribution in [0.25, 0.3) is 11.3 Å². The first-order valence-electron chi connectivity index (χ1n) is 7.67. The summed E-state index contributed by atoms with van der Waals surface area (Å²) in [7, 11) is 1.89. The molecule has 23 heavy (non-hydrogen) atoms. The molecule has 0 fully saturated rings. The number of halogens is 1. The van der Waals surface area contributed by atoms with E-state index in [-0.39, 0.29) is 17.8 Å². The number of hydrogen-bond acceptors (Lipinski definition) is 3. The molecule has 2 aromatic rings. The number of hydrogen-bond donors (Lipinski definition) is 0. The lowest BCUT2D eigenvalue weighted by atomic mass is 9.91. The van der Waals surface area contributed by atoms with Crippen molar-refractivity contribution in [2.45, 2.75) is 26.2 Å². The highest BCUT2D eigenvalue weighted by atomic mass is 35.5. The molecule has 0 aliphatic heterocycles. The van der Waals surface area contributed by atoms with Crippen molar-refractivity contribution in [2.24, 2.45) is 7.05 Å². The highest BCUT2D eigenvalue weighted by Crippen LogP contribution is 2.33. The van der Waals surface area contributed by atoms with Crippen LogP contribution in [0.15, 0.2) is 29.1 Å². The van der Waals surface area contributed by atoms with Gasteiger partial charge >= 0.3 is 5.97 Å². The predicted octanol–water partition coefficient (Wildman–Crippen LogP) is 2.91. The van der Waals surface area contributed by atoms with E-state index in [0.717, 1.165) is 35.4 Å². The molecule has 0 amide bonds. The molecule has 0 saturated carbocycles. The summed E-state index contributed by atoms with van der Waals surface area (Å²) >= 11 is 6.10. The first-order chi connectivity index (χ1) is 11.0.